The Bertz CT molecular complexity index is 606. The van der Waals surface area contributed by atoms with Gasteiger partial charge in [0, 0.05) is 32.4 Å². The molecule has 1 aromatic rings. The topological polar surface area (TPSA) is 49.9 Å². The Labute approximate surface area is 139 Å². The second kappa shape index (κ2) is 7.30. The molecule has 2 fully saturated rings. The summed E-state index contributed by atoms with van der Waals surface area (Å²) in [5.41, 5.74) is 1.34. The fraction of sp³-hybridized carbons (Fsp3) is 0.647. The van der Waals surface area contributed by atoms with Crippen LogP contribution in [0.25, 0.3) is 0 Å². The second-order valence-corrected chi connectivity index (χ2v) is 8.94. The number of nitrogens with zero attached hydrogens (tertiary/aromatic N) is 2. The summed E-state index contributed by atoms with van der Waals surface area (Å²) in [6.45, 7) is 5.44. The van der Waals surface area contributed by atoms with Crippen LogP contribution in [0.2, 0.25) is 0 Å². The Kier molecular flexibility index (Phi) is 5.36. The van der Waals surface area contributed by atoms with E-state index in [4.69, 9.17) is 4.74 Å². The molecule has 0 unspecified atom stereocenters. The number of sulfone groups is 1. The maximum absolute atomic E-state index is 11.3. The molecule has 2 atom stereocenters. The van der Waals surface area contributed by atoms with E-state index in [1.807, 2.05) is 6.07 Å². The molecule has 2 aliphatic rings. The highest BCUT2D eigenvalue weighted by Gasteiger charge is 2.39. The molecule has 0 bridgehead atoms. The van der Waals surface area contributed by atoms with E-state index >= 15 is 0 Å². The number of benzene rings is 1. The zero-order chi connectivity index (χ0) is 16.3. The van der Waals surface area contributed by atoms with Crippen LogP contribution in [0.15, 0.2) is 30.3 Å². The molecule has 5 nitrogen and oxygen atoms in total. The minimum atomic E-state index is -2.86. The van der Waals surface area contributed by atoms with E-state index in [2.05, 4.69) is 34.1 Å². The SMILES string of the molecule is CS(=O)(=O)CCCN1C[C@@H]2OCCN(Cc3ccccc3)[C@H]2C1. The van der Waals surface area contributed by atoms with E-state index in [9.17, 15) is 8.42 Å². The summed E-state index contributed by atoms with van der Waals surface area (Å²) in [4.78, 5) is 4.86. The van der Waals surface area contributed by atoms with Crippen molar-refractivity contribution in [3.63, 3.8) is 0 Å². The van der Waals surface area contributed by atoms with Crippen molar-refractivity contribution in [3.05, 3.63) is 35.9 Å². The van der Waals surface area contributed by atoms with Crippen molar-refractivity contribution in [1.29, 1.82) is 0 Å². The van der Waals surface area contributed by atoms with Crippen LogP contribution < -0.4 is 0 Å². The molecule has 23 heavy (non-hydrogen) atoms. The van der Waals surface area contributed by atoms with Gasteiger partial charge < -0.3 is 4.74 Å². The van der Waals surface area contributed by atoms with Crippen molar-refractivity contribution in [2.24, 2.45) is 0 Å². The van der Waals surface area contributed by atoms with Gasteiger partial charge in [-0.2, -0.15) is 0 Å². The van der Waals surface area contributed by atoms with E-state index in [0.717, 1.165) is 39.3 Å². The predicted octanol–water partition coefficient (Wildman–Crippen LogP) is 1.01. The van der Waals surface area contributed by atoms with Gasteiger partial charge in [0.25, 0.3) is 0 Å². The lowest BCUT2D eigenvalue weighted by atomic mass is 10.1. The van der Waals surface area contributed by atoms with Gasteiger partial charge in [-0.15, -0.1) is 0 Å². The maximum Gasteiger partial charge on any atom is 0.147 e. The van der Waals surface area contributed by atoms with E-state index in [1.165, 1.54) is 11.8 Å². The lowest BCUT2D eigenvalue weighted by molar-refractivity contribution is -0.0504. The molecule has 2 heterocycles. The quantitative estimate of drug-likeness (QED) is 0.775. The Morgan fingerprint density at radius 1 is 1.22 bits per heavy atom. The van der Waals surface area contributed by atoms with E-state index in [-0.39, 0.29) is 11.9 Å². The van der Waals surface area contributed by atoms with Crippen LogP contribution in [0.5, 0.6) is 0 Å². The number of hydrogen-bond donors (Lipinski definition) is 0. The van der Waals surface area contributed by atoms with Crippen molar-refractivity contribution < 1.29 is 13.2 Å². The average molecular weight is 338 g/mol. The highest BCUT2D eigenvalue weighted by atomic mass is 32.2. The molecule has 0 amide bonds. The number of hydrogen-bond acceptors (Lipinski definition) is 5. The van der Waals surface area contributed by atoms with Crippen LogP contribution in [0.4, 0.5) is 0 Å². The van der Waals surface area contributed by atoms with Gasteiger partial charge >= 0.3 is 0 Å². The van der Waals surface area contributed by atoms with Crippen molar-refractivity contribution in [1.82, 2.24) is 9.80 Å². The number of ether oxygens (including phenoxy) is 1. The van der Waals surface area contributed by atoms with Crippen LogP contribution in [-0.4, -0.2) is 75.2 Å². The summed E-state index contributed by atoms with van der Waals surface area (Å²) < 4.78 is 28.5. The first-order chi connectivity index (χ1) is 11.0. The van der Waals surface area contributed by atoms with Gasteiger partial charge in [-0.05, 0) is 18.5 Å². The van der Waals surface area contributed by atoms with Gasteiger partial charge in [0.2, 0.25) is 0 Å². The third kappa shape index (κ3) is 4.76. The lowest BCUT2D eigenvalue weighted by Crippen LogP contribution is -2.50. The summed E-state index contributed by atoms with van der Waals surface area (Å²) in [7, 11) is -2.86. The Morgan fingerprint density at radius 2 is 2.00 bits per heavy atom. The van der Waals surface area contributed by atoms with Crippen LogP contribution in [0, 0.1) is 0 Å². The largest absolute Gasteiger partial charge is 0.374 e. The molecule has 2 saturated heterocycles. The number of rotatable bonds is 6. The molecule has 0 spiro atoms. The monoisotopic (exact) mass is 338 g/mol. The molecule has 1 aromatic carbocycles. The fourth-order valence-electron chi connectivity index (χ4n) is 3.58. The van der Waals surface area contributed by atoms with Gasteiger partial charge in [-0.25, -0.2) is 8.42 Å². The summed E-state index contributed by atoms with van der Waals surface area (Å²) in [5, 5.41) is 0. The van der Waals surface area contributed by atoms with Gasteiger partial charge in [0.1, 0.15) is 9.84 Å². The molecule has 0 aromatic heterocycles. The van der Waals surface area contributed by atoms with Gasteiger partial charge in [-0.3, -0.25) is 9.80 Å². The molecule has 6 heteroatoms. The highest BCUT2D eigenvalue weighted by Crippen LogP contribution is 2.24. The maximum atomic E-state index is 11.3. The van der Waals surface area contributed by atoms with Crippen LogP contribution >= 0.6 is 0 Å². The molecule has 0 radical (unpaired) electrons. The molecule has 2 aliphatic heterocycles. The third-order valence-corrected chi connectivity index (χ3v) is 5.74. The molecule has 128 valence electrons. The van der Waals surface area contributed by atoms with E-state index in [0.29, 0.717) is 12.5 Å². The Morgan fingerprint density at radius 3 is 2.74 bits per heavy atom. The molecular weight excluding hydrogens is 312 g/mol. The van der Waals surface area contributed by atoms with E-state index in [1.54, 1.807) is 0 Å². The lowest BCUT2D eigenvalue weighted by Gasteiger charge is -2.37. The van der Waals surface area contributed by atoms with Gasteiger partial charge in [0.15, 0.2) is 0 Å². The fourth-order valence-corrected chi connectivity index (χ4v) is 4.23. The third-order valence-electron chi connectivity index (χ3n) is 4.71. The predicted molar refractivity (Wildman–Crippen MR) is 91.1 cm³/mol. The first-order valence-corrected chi connectivity index (χ1v) is 10.4. The first kappa shape index (κ1) is 16.9. The number of fused-ring (bicyclic) bond motifs is 1. The van der Waals surface area contributed by atoms with Crippen molar-refractivity contribution >= 4 is 9.84 Å². The highest BCUT2D eigenvalue weighted by molar-refractivity contribution is 7.90. The normalized spacial score (nSPS) is 26.3. The van der Waals surface area contributed by atoms with Crippen molar-refractivity contribution in [3.8, 4) is 0 Å². The molecule has 0 aliphatic carbocycles. The van der Waals surface area contributed by atoms with Crippen molar-refractivity contribution in [2.75, 3.05) is 44.8 Å². The van der Waals surface area contributed by atoms with Crippen LogP contribution in [0.3, 0.4) is 0 Å². The minimum absolute atomic E-state index is 0.255. The standard InChI is InChI=1S/C17H26N2O3S/c1-23(20,21)11-5-8-18-13-16-17(14-18)22-10-9-19(16)12-15-6-3-2-4-7-15/h2-4,6-7,16-17H,5,8-14H2,1H3/t16-,17-/m0/s1. The summed E-state index contributed by atoms with van der Waals surface area (Å²) >= 11 is 0. The number of likely N-dealkylation sites (tertiary alicyclic amines) is 1. The summed E-state index contributed by atoms with van der Waals surface area (Å²) in [6, 6.07) is 11.0. The molecule has 0 N–H and O–H groups in total. The number of morpholine rings is 1. The molecule has 0 saturated carbocycles. The Hall–Kier alpha value is -0.950. The van der Waals surface area contributed by atoms with Crippen LogP contribution in [-0.2, 0) is 21.1 Å². The zero-order valence-corrected chi connectivity index (χ0v) is 14.5. The van der Waals surface area contributed by atoms with E-state index < -0.39 is 9.84 Å². The summed E-state index contributed by atoms with van der Waals surface area (Å²) in [6.07, 6.45) is 2.27. The zero-order valence-electron chi connectivity index (χ0n) is 13.7. The minimum Gasteiger partial charge on any atom is -0.374 e. The van der Waals surface area contributed by atoms with Gasteiger partial charge in [0.05, 0.1) is 24.5 Å². The average Bonchev–Trinajstić information content (AvgIpc) is 2.91. The molecule has 3 rings (SSSR count). The van der Waals surface area contributed by atoms with Crippen LogP contribution in [0.1, 0.15) is 12.0 Å². The second-order valence-electron chi connectivity index (χ2n) is 6.68. The molecular formula is C17H26N2O3S. The van der Waals surface area contributed by atoms with Gasteiger partial charge in [-0.1, -0.05) is 30.3 Å². The summed E-state index contributed by atoms with van der Waals surface area (Å²) in [5.74, 6) is 0.271. The first-order valence-electron chi connectivity index (χ1n) is 8.31. The van der Waals surface area contributed by atoms with Crippen molar-refractivity contribution in [2.45, 2.75) is 25.1 Å². The Balaban J connectivity index is 1.55. The smallest absolute Gasteiger partial charge is 0.147 e.